The Morgan fingerprint density at radius 3 is 2.42 bits per heavy atom. The van der Waals surface area contributed by atoms with Crippen molar-refractivity contribution in [3.05, 3.63) is 11.6 Å². The molecule has 5 rings (SSSR count). The van der Waals surface area contributed by atoms with E-state index in [0.29, 0.717) is 17.7 Å². The Balaban J connectivity index is 1.23. The summed E-state index contributed by atoms with van der Waals surface area (Å²) < 4.78 is 24.1. The standard InChI is InChI=1S/C27H43NO5/c1-19(2)5-6-21-25(3,33-21)24-23(30-4)20(7-8-27(24)18-32-27)17-22(29)28-13-9-26(10-14-28)11-15-31-16-12-26/h5,20-21,23-24H,6-18H2,1-4H3/t20?,21-,23-,24-,25+,27+/m1/s1. The molecule has 6 nitrogen and oxygen atoms in total. The van der Waals surface area contributed by atoms with E-state index in [1.165, 1.54) is 5.57 Å². The molecule has 1 aliphatic carbocycles. The Hall–Kier alpha value is -0.950. The quantitative estimate of drug-likeness (QED) is 0.440. The number of allylic oxidation sites excluding steroid dienone is 1. The molecular weight excluding hydrogens is 418 g/mol. The molecule has 1 saturated carbocycles. The van der Waals surface area contributed by atoms with E-state index in [0.717, 1.165) is 77.9 Å². The fourth-order valence-corrected chi connectivity index (χ4v) is 7.19. The molecule has 5 fully saturated rings. The van der Waals surface area contributed by atoms with Gasteiger partial charge in [0.15, 0.2) is 0 Å². The van der Waals surface area contributed by atoms with Crippen molar-refractivity contribution in [1.29, 1.82) is 0 Å². The maximum atomic E-state index is 13.4. The summed E-state index contributed by atoms with van der Waals surface area (Å²) in [6.45, 7) is 10.9. The number of epoxide rings is 2. The number of hydrogen-bond acceptors (Lipinski definition) is 5. The second kappa shape index (κ2) is 8.92. The van der Waals surface area contributed by atoms with Gasteiger partial charge < -0.3 is 23.8 Å². The lowest BCUT2D eigenvalue weighted by Gasteiger charge is -2.46. The van der Waals surface area contributed by atoms with Crippen LogP contribution in [-0.2, 0) is 23.7 Å². The van der Waals surface area contributed by atoms with E-state index in [1.807, 2.05) is 7.11 Å². The van der Waals surface area contributed by atoms with Crippen molar-refractivity contribution >= 4 is 5.91 Å². The fourth-order valence-electron chi connectivity index (χ4n) is 7.19. The molecule has 1 unspecified atom stereocenters. The third-order valence-corrected chi connectivity index (χ3v) is 9.59. The molecule has 33 heavy (non-hydrogen) atoms. The Labute approximate surface area is 199 Å². The molecule has 5 aliphatic rings. The molecule has 0 bridgehead atoms. The van der Waals surface area contributed by atoms with Crippen LogP contribution in [0.3, 0.4) is 0 Å². The zero-order valence-corrected chi connectivity index (χ0v) is 21.1. The first kappa shape index (κ1) is 23.8. The number of hydrogen-bond donors (Lipinski definition) is 0. The lowest BCUT2D eigenvalue weighted by atomic mass is 9.64. The number of amides is 1. The van der Waals surface area contributed by atoms with E-state index in [9.17, 15) is 4.79 Å². The van der Waals surface area contributed by atoms with Crippen molar-refractivity contribution in [1.82, 2.24) is 4.90 Å². The Bertz CT molecular complexity index is 756. The lowest BCUT2D eigenvalue weighted by molar-refractivity contribution is -0.140. The van der Waals surface area contributed by atoms with Crippen LogP contribution in [0.4, 0.5) is 0 Å². The summed E-state index contributed by atoms with van der Waals surface area (Å²) in [6.07, 6.45) is 10.5. The summed E-state index contributed by atoms with van der Waals surface area (Å²) in [7, 11) is 1.81. The van der Waals surface area contributed by atoms with Gasteiger partial charge in [0.25, 0.3) is 0 Å². The van der Waals surface area contributed by atoms with Gasteiger partial charge in [-0.25, -0.2) is 0 Å². The normalized spacial score (nSPS) is 41.8. The van der Waals surface area contributed by atoms with Gasteiger partial charge in [0.05, 0.1) is 24.4 Å². The molecular formula is C27H43NO5. The van der Waals surface area contributed by atoms with E-state index >= 15 is 0 Å². The van der Waals surface area contributed by atoms with Crippen molar-refractivity contribution in [2.45, 2.75) is 95.5 Å². The average Bonchev–Trinajstić information content (AvgIpc) is 3.72. The number of methoxy groups -OCH3 is 1. The van der Waals surface area contributed by atoms with E-state index in [-0.39, 0.29) is 35.2 Å². The Morgan fingerprint density at radius 2 is 1.82 bits per heavy atom. The van der Waals surface area contributed by atoms with Crippen molar-refractivity contribution < 1.29 is 23.7 Å². The third kappa shape index (κ3) is 4.53. The first-order chi connectivity index (χ1) is 15.8. The fraction of sp³-hybridized carbons (Fsp3) is 0.889. The van der Waals surface area contributed by atoms with Crippen molar-refractivity contribution in [3.8, 4) is 0 Å². The molecule has 4 saturated heterocycles. The van der Waals surface area contributed by atoms with E-state index in [2.05, 4.69) is 31.7 Å². The lowest BCUT2D eigenvalue weighted by Crippen LogP contribution is -2.53. The zero-order valence-electron chi connectivity index (χ0n) is 21.1. The van der Waals surface area contributed by atoms with Crippen LogP contribution in [0.5, 0.6) is 0 Å². The van der Waals surface area contributed by atoms with Gasteiger partial charge >= 0.3 is 0 Å². The van der Waals surface area contributed by atoms with Crippen molar-refractivity contribution in [2.75, 3.05) is 40.0 Å². The molecule has 4 aliphatic heterocycles. The van der Waals surface area contributed by atoms with Gasteiger partial charge in [0.1, 0.15) is 5.60 Å². The van der Waals surface area contributed by atoms with Gasteiger partial charge in [-0.2, -0.15) is 0 Å². The van der Waals surface area contributed by atoms with Crippen LogP contribution in [0.2, 0.25) is 0 Å². The van der Waals surface area contributed by atoms with Crippen molar-refractivity contribution in [3.63, 3.8) is 0 Å². The predicted octanol–water partition coefficient (Wildman–Crippen LogP) is 4.12. The number of piperidine rings is 1. The zero-order chi connectivity index (χ0) is 23.3. The number of ether oxygens (including phenoxy) is 4. The van der Waals surface area contributed by atoms with Crippen LogP contribution < -0.4 is 0 Å². The van der Waals surface area contributed by atoms with Crippen LogP contribution in [0.1, 0.15) is 72.1 Å². The van der Waals surface area contributed by atoms with Crippen LogP contribution >= 0.6 is 0 Å². The van der Waals surface area contributed by atoms with Crippen molar-refractivity contribution in [2.24, 2.45) is 17.3 Å². The maximum absolute atomic E-state index is 13.4. The summed E-state index contributed by atoms with van der Waals surface area (Å²) in [4.78, 5) is 15.5. The van der Waals surface area contributed by atoms with Crippen LogP contribution in [0.15, 0.2) is 11.6 Å². The summed E-state index contributed by atoms with van der Waals surface area (Å²) in [5.74, 6) is 0.716. The van der Waals surface area contributed by atoms with Gasteiger partial charge in [0.2, 0.25) is 5.91 Å². The molecule has 186 valence electrons. The van der Waals surface area contributed by atoms with Gasteiger partial charge in [-0.15, -0.1) is 0 Å². The minimum absolute atomic E-state index is 0.00136. The molecule has 2 spiro atoms. The highest BCUT2D eigenvalue weighted by Crippen LogP contribution is 2.60. The minimum atomic E-state index is -0.231. The van der Waals surface area contributed by atoms with Gasteiger partial charge in [-0.3, -0.25) is 4.79 Å². The smallest absolute Gasteiger partial charge is 0.222 e. The molecule has 1 amide bonds. The highest BCUT2D eigenvalue weighted by molar-refractivity contribution is 5.76. The Morgan fingerprint density at radius 1 is 1.12 bits per heavy atom. The molecule has 0 aromatic heterocycles. The summed E-state index contributed by atoms with van der Waals surface area (Å²) >= 11 is 0. The largest absolute Gasteiger partial charge is 0.381 e. The van der Waals surface area contributed by atoms with E-state index in [1.54, 1.807) is 0 Å². The summed E-state index contributed by atoms with van der Waals surface area (Å²) in [5, 5.41) is 0. The first-order valence-electron chi connectivity index (χ1n) is 13.1. The summed E-state index contributed by atoms with van der Waals surface area (Å²) in [5.41, 5.74) is 1.39. The molecule has 0 aromatic rings. The first-order valence-corrected chi connectivity index (χ1v) is 13.1. The number of rotatable bonds is 6. The monoisotopic (exact) mass is 461 g/mol. The predicted molar refractivity (Wildman–Crippen MR) is 126 cm³/mol. The van der Waals surface area contributed by atoms with E-state index in [4.69, 9.17) is 18.9 Å². The third-order valence-electron chi connectivity index (χ3n) is 9.59. The number of nitrogens with zero attached hydrogens (tertiary/aromatic N) is 1. The maximum Gasteiger partial charge on any atom is 0.222 e. The highest BCUT2D eigenvalue weighted by Gasteiger charge is 2.71. The SMILES string of the molecule is CO[C@@H]1C(CC(=O)N2CCC3(CCOCC3)CC2)CC[C@]2(CO2)[C@H]1[C@@]1(C)O[C@@H]1CC=C(C)C. The highest BCUT2D eigenvalue weighted by atomic mass is 16.6. The molecule has 0 radical (unpaired) electrons. The molecule has 6 atom stereocenters. The molecule has 4 heterocycles. The van der Waals surface area contributed by atoms with Gasteiger partial charge in [-0.1, -0.05) is 11.6 Å². The number of carbonyl (C=O) groups is 1. The topological polar surface area (TPSA) is 63.8 Å². The second-order valence-electron chi connectivity index (χ2n) is 11.8. The van der Waals surface area contributed by atoms with Gasteiger partial charge in [0, 0.05) is 45.8 Å². The van der Waals surface area contributed by atoms with E-state index < -0.39 is 0 Å². The van der Waals surface area contributed by atoms with Crippen LogP contribution in [0, 0.1) is 17.3 Å². The number of carbonyl (C=O) groups excluding carboxylic acids is 1. The van der Waals surface area contributed by atoms with Crippen LogP contribution in [-0.4, -0.2) is 74.2 Å². The number of likely N-dealkylation sites (tertiary alicyclic amines) is 1. The molecule has 0 N–H and O–H groups in total. The van der Waals surface area contributed by atoms with Crippen LogP contribution in [0.25, 0.3) is 0 Å². The molecule has 0 aromatic carbocycles. The van der Waals surface area contributed by atoms with Gasteiger partial charge in [-0.05, 0) is 77.0 Å². The molecule has 6 heteroatoms. The Kier molecular flexibility index (Phi) is 6.43. The average molecular weight is 462 g/mol. The second-order valence-corrected chi connectivity index (χ2v) is 11.8. The minimum Gasteiger partial charge on any atom is -0.381 e. The summed E-state index contributed by atoms with van der Waals surface area (Å²) in [6, 6.07) is 0.